The van der Waals surface area contributed by atoms with Gasteiger partial charge in [-0.2, -0.15) is 0 Å². The molecule has 1 amide bonds. The smallest absolute Gasteiger partial charge is 0.242 e. The van der Waals surface area contributed by atoms with Crippen LogP contribution < -0.4 is 9.64 Å². The summed E-state index contributed by atoms with van der Waals surface area (Å²) in [5.74, 6) is 0.995. The molecular weight excluding hydrogens is 428 g/mol. The molecule has 1 aromatic heterocycles. The van der Waals surface area contributed by atoms with Crippen LogP contribution in [0, 0.1) is 0 Å². The average molecular weight is 457 g/mol. The summed E-state index contributed by atoms with van der Waals surface area (Å²) in [5.41, 5.74) is 2.57. The van der Waals surface area contributed by atoms with Crippen LogP contribution in [0.25, 0.3) is 11.0 Å². The van der Waals surface area contributed by atoms with Crippen LogP contribution in [0.4, 0.5) is 5.69 Å². The van der Waals surface area contributed by atoms with Crippen LogP contribution in [-0.4, -0.2) is 68.3 Å². The molecule has 3 aromatic rings. The molecule has 0 spiro atoms. The molecule has 0 atom stereocenters. The van der Waals surface area contributed by atoms with E-state index in [4.69, 9.17) is 4.74 Å². The lowest BCUT2D eigenvalue weighted by Crippen LogP contribution is -2.37. The van der Waals surface area contributed by atoms with Gasteiger partial charge in [-0.05, 0) is 42.8 Å². The molecule has 0 unspecified atom stereocenters. The van der Waals surface area contributed by atoms with Gasteiger partial charge in [0.1, 0.15) is 23.9 Å². The predicted octanol–water partition coefficient (Wildman–Crippen LogP) is 2.33. The number of imidazole rings is 1. The lowest BCUT2D eigenvalue weighted by atomic mass is 10.2. The molecule has 170 valence electrons. The van der Waals surface area contributed by atoms with Crippen molar-refractivity contribution in [1.29, 1.82) is 0 Å². The molecule has 0 aliphatic carbocycles. The first kappa shape index (κ1) is 22.1. The van der Waals surface area contributed by atoms with E-state index in [-0.39, 0.29) is 18.2 Å². The zero-order valence-electron chi connectivity index (χ0n) is 18.4. The highest BCUT2D eigenvalue weighted by atomic mass is 32.2. The molecule has 4 rings (SSSR count). The van der Waals surface area contributed by atoms with Gasteiger partial charge in [0.25, 0.3) is 0 Å². The van der Waals surface area contributed by atoms with Gasteiger partial charge in [-0.3, -0.25) is 4.79 Å². The van der Waals surface area contributed by atoms with E-state index in [0.717, 1.165) is 36.5 Å². The minimum Gasteiger partial charge on any atom is -0.497 e. The fourth-order valence-electron chi connectivity index (χ4n) is 4.10. The Morgan fingerprint density at radius 1 is 1.03 bits per heavy atom. The van der Waals surface area contributed by atoms with E-state index in [1.165, 1.54) is 6.26 Å². The maximum Gasteiger partial charge on any atom is 0.242 e. The number of sulfone groups is 1. The van der Waals surface area contributed by atoms with Crippen LogP contribution in [-0.2, 0) is 26.9 Å². The number of hydrogen-bond acceptors (Lipinski definition) is 6. The summed E-state index contributed by atoms with van der Waals surface area (Å²) in [7, 11) is -1.63. The Morgan fingerprint density at radius 2 is 1.78 bits per heavy atom. The number of amides is 1. The van der Waals surface area contributed by atoms with Crippen LogP contribution in [0.5, 0.6) is 5.75 Å². The Morgan fingerprint density at radius 3 is 2.50 bits per heavy atom. The van der Waals surface area contributed by atoms with Crippen LogP contribution >= 0.6 is 0 Å². The van der Waals surface area contributed by atoms with Crippen LogP contribution in [0.2, 0.25) is 0 Å². The molecule has 1 aliphatic rings. The molecule has 1 saturated heterocycles. The minimum atomic E-state index is -3.28. The summed E-state index contributed by atoms with van der Waals surface area (Å²) in [5, 5.41) is 0. The number of fused-ring (bicyclic) bond motifs is 1. The third kappa shape index (κ3) is 5.04. The number of nitrogens with zero attached hydrogens (tertiary/aromatic N) is 4. The molecule has 0 N–H and O–H groups in total. The van der Waals surface area contributed by atoms with E-state index < -0.39 is 9.84 Å². The zero-order valence-corrected chi connectivity index (χ0v) is 19.2. The fraction of sp³-hybridized carbons (Fsp3) is 0.391. The normalized spacial score (nSPS) is 15.1. The molecule has 8 nitrogen and oxygen atoms in total. The fourth-order valence-corrected chi connectivity index (χ4v) is 4.79. The van der Waals surface area contributed by atoms with Crippen molar-refractivity contribution in [3.05, 3.63) is 54.4 Å². The van der Waals surface area contributed by atoms with Crippen LogP contribution in [0.15, 0.2) is 48.5 Å². The van der Waals surface area contributed by atoms with Gasteiger partial charge in [0, 0.05) is 38.1 Å². The zero-order chi connectivity index (χ0) is 22.7. The van der Waals surface area contributed by atoms with Crippen molar-refractivity contribution in [1.82, 2.24) is 14.5 Å². The Bertz CT molecular complexity index is 1200. The van der Waals surface area contributed by atoms with Crippen LogP contribution in [0.3, 0.4) is 0 Å². The highest BCUT2D eigenvalue weighted by molar-refractivity contribution is 7.89. The van der Waals surface area contributed by atoms with E-state index in [0.29, 0.717) is 24.4 Å². The molecule has 1 fully saturated rings. The van der Waals surface area contributed by atoms with Crippen LogP contribution in [0.1, 0.15) is 12.2 Å². The molecule has 1 aliphatic heterocycles. The number of benzene rings is 2. The SMILES string of the molecule is COc1ccc(N2CCCN(C(=O)Cn3c(CS(C)(=O)=O)nc4ccccc43)CC2)cc1. The number of para-hydroxylation sites is 2. The summed E-state index contributed by atoms with van der Waals surface area (Å²) in [4.78, 5) is 21.8. The monoisotopic (exact) mass is 456 g/mol. The average Bonchev–Trinajstić information content (AvgIpc) is 2.94. The van der Waals surface area contributed by atoms with Gasteiger partial charge in [-0.25, -0.2) is 13.4 Å². The summed E-state index contributed by atoms with van der Waals surface area (Å²) in [6, 6.07) is 15.4. The first-order valence-electron chi connectivity index (χ1n) is 10.6. The molecular formula is C23H28N4O4S. The predicted molar refractivity (Wildman–Crippen MR) is 125 cm³/mol. The number of anilines is 1. The molecule has 2 aromatic carbocycles. The molecule has 0 radical (unpaired) electrons. The summed E-state index contributed by atoms with van der Waals surface area (Å²) in [6.45, 7) is 2.95. The Labute approximate surface area is 188 Å². The van der Waals surface area contributed by atoms with E-state index in [9.17, 15) is 13.2 Å². The minimum absolute atomic E-state index is 0.0283. The van der Waals surface area contributed by atoms with Crippen molar-refractivity contribution in [3.63, 3.8) is 0 Å². The van der Waals surface area contributed by atoms with Gasteiger partial charge < -0.3 is 19.1 Å². The van der Waals surface area contributed by atoms with Gasteiger partial charge in [0.2, 0.25) is 5.91 Å². The third-order valence-corrected chi connectivity index (χ3v) is 6.49. The largest absolute Gasteiger partial charge is 0.497 e. The molecule has 9 heteroatoms. The number of hydrogen-bond donors (Lipinski definition) is 0. The van der Waals surface area contributed by atoms with Gasteiger partial charge in [0.15, 0.2) is 9.84 Å². The van der Waals surface area contributed by atoms with Crippen molar-refractivity contribution in [2.45, 2.75) is 18.7 Å². The number of aromatic nitrogens is 2. The van der Waals surface area contributed by atoms with Gasteiger partial charge >= 0.3 is 0 Å². The lowest BCUT2D eigenvalue weighted by Gasteiger charge is -2.24. The number of rotatable bonds is 6. The first-order chi connectivity index (χ1) is 15.3. The summed E-state index contributed by atoms with van der Waals surface area (Å²) in [6.07, 6.45) is 2.04. The second kappa shape index (κ2) is 9.20. The second-order valence-electron chi connectivity index (χ2n) is 8.09. The molecule has 0 bridgehead atoms. The van der Waals surface area contributed by atoms with Crippen molar-refractivity contribution < 1.29 is 17.9 Å². The number of carbonyl (C=O) groups is 1. The highest BCUT2D eigenvalue weighted by Gasteiger charge is 2.22. The third-order valence-electron chi connectivity index (χ3n) is 5.70. The van der Waals surface area contributed by atoms with E-state index in [1.807, 2.05) is 53.4 Å². The highest BCUT2D eigenvalue weighted by Crippen LogP contribution is 2.22. The number of ether oxygens (including phenoxy) is 1. The topological polar surface area (TPSA) is 84.7 Å². The maximum atomic E-state index is 13.2. The maximum absolute atomic E-state index is 13.2. The molecule has 0 saturated carbocycles. The quantitative estimate of drug-likeness (QED) is 0.566. The van der Waals surface area contributed by atoms with Crippen molar-refractivity contribution in [2.24, 2.45) is 0 Å². The molecule has 32 heavy (non-hydrogen) atoms. The van der Waals surface area contributed by atoms with Gasteiger partial charge in [-0.15, -0.1) is 0 Å². The Hall–Kier alpha value is -3.07. The second-order valence-corrected chi connectivity index (χ2v) is 10.2. The van der Waals surface area contributed by atoms with Crippen molar-refractivity contribution in [2.75, 3.05) is 44.4 Å². The number of carbonyl (C=O) groups excluding carboxylic acids is 1. The van der Waals surface area contributed by atoms with E-state index in [2.05, 4.69) is 9.88 Å². The lowest BCUT2D eigenvalue weighted by molar-refractivity contribution is -0.131. The summed E-state index contributed by atoms with van der Waals surface area (Å²) >= 11 is 0. The summed E-state index contributed by atoms with van der Waals surface area (Å²) < 4.78 is 30.8. The first-order valence-corrected chi connectivity index (χ1v) is 12.7. The molecule has 2 heterocycles. The van der Waals surface area contributed by atoms with Gasteiger partial charge in [0.05, 0.1) is 18.1 Å². The Kier molecular flexibility index (Phi) is 6.36. The van der Waals surface area contributed by atoms with E-state index in [1.54, 1.807) is 11.7 Å². The standard InChI is InChI=1S/C23H28N4O4S/c1-31-19-10-8-18(9-11-19)25-12-5-13-26(15-14-25)23(28)16-27-21-7-4-3-6-20(21)24-22(27)17-32(2,29)30/h3-4,6-11H,5,12-17H2,1-2H3. The van der Waals surface area contributed by atoms with Crippen molar-refractivity contribution in [3.8, 4) is 5.75 Å². The number of methoxy groups -OCH3 is 1. The Balaban J connectivity index is 1.49. The van der Waals surface area contributed by atoms with Gasteiger partial charge in [-0.1, -0.05) is 12.1 Å². The van der Waals surface area contributed by atoms with E-state index >= 15 is 0 Å². The van der Waals surface area contributed by atoms with Crippen molar-refractivity contribution >= 4 is 32.5 Å².